The molecule has 3 N–H and O–H groups in total. The van der Waals surface area contributed by atoms with Crippen molar-refractivity contribution in [2.75, 3.05) is 13.7 Å². The average Bonchev–Trinajstić information content (AvgIpc) is 2.42. The van der Waals surface area contributed by atoms with E-state index in [2.05, 4.69) is 9.46 Å². The van der Waals surface area contributed by atoms with E-state index in [1.165, 1.54) is 25.3 Å². The SMILES string of the molecule is COC(=O)c1ccc(Cl)c(S(=O)(=O)NCC2(N)CCC2)c1. The minimum Gasteiger partial charge on any atom is -0.465 e. The van der Waals surface area contributed by atoms with Gasteiger partial charge in [-0.2, -0.15) is 0 Å². The summed E-state index contributed by atoms with van der Waals surface area (Å²) in [6.07, 6.45) is 2.56. The van der Waals surface area contributed by atoms with Crippen LogP contribution in [0.15, 0.2) is 23.1 Å². The van der Waals surface area contributed by atoms with E-state index in [1.54, 1.807) is 0 Å². The number of benzene rings is 1. The molecule has 0 saturated heterocycles. The number of carbonyl (C=O) groups is 1. The van der Waals surface area contributed by atoms with Crippen LogP contribution in [0.4, 0.5) is 0 Å². The Labute approximate surface area is 128 Å². The summed E-state index contributed by atoms with van der Waals surface area (Å²) in [6, 6.07) is 3.95. The van der Waals surface area contributed by atoms with Gasteiger partial charge >= 0.3 is 5.97 Å². The quantitative estimate of drug-likeness (QED) is 0.791. The van der Waals surface area contributed by atoms with Crippen LogP contribution in [0.2, 0.25) is 5.02 Å². The van der Waals surface area contributed by atoms with Crippen molar-refractivity contribution in [3.05, 3.63) is 28.8 Å². The molecule has 2 rings (SSSR count). The lowest BCUT2D eigenvalue weighted by Gasteiger charge is -2.38. The minimum absolute atomic E-state index is 0.0369. The highest BCUT2D eigenvalue weighted by atomic mass is 35.5. The smallest absolute Gasteiger partial charge is 0.337 e. The van der Waals surface area contributed by atoms with Crippen LogP contribution < -0.4 is 10.5 Å². The standard InChI is InChI=1S/C13H17ClN2O4S/c1-20-12(17)9-3-4-10(14)11(7-9)21(18,19)16-8-13(15)5-2-6-13/h3-4,7,16H,2,5-6,8,15H2,1H3. The molecular formula is C13H17ClN2O4S. The van der Waals surface area contributed by atoms with Crippen molar-refractivity contribution in [2.45, 2.75) is 29.7 Å². The predicted octanol–water partition coefficient (Wildman–Crippen LogP) is 1.29. The van der Waals surface area contributed by atoms with E-state index in [9.17, 15) is 13.2 Å². The summed E-state index contributed by atoms with van der Waals surface area (Å²) in [5, 5.41) is 0.0369. The molecule has 0 amide bonds. The van der Waals surface area contributed by atoms with Crippen LogP contribution in [0, 0.1) is 0 Å². The highest BCUT2D eigenvalue weighted by Gasteiger charge is 2.34. The second-order valence-corrected chi connectivity index (χ2v) is 7.32. The van der Waals surface area contributed by atoms with Gasteiger partial charge in [0.05, 0.1) is 17.7 Å². The average molecular weight is 333 g/mol. The molecule has 6 nitrogen and oxygen atoms in total. The van der Waals surface area contributed by atoms with Crippen LogP contribution >= 0.6 is 11.6 Å². The first-order valence-corrected chi connectivity index (χ1v) is 8.30. The summed E-state index contributed by atoms with van der Waals surface area (Å²) in [4.78, 5) is 11.3. The second-order valence-electron chi connectivity index (χ2n) is 5.18. The van der Waals surface area contributed by atoms with Crippen LogP contribution in [0.1, 0.15) is 29.6 Å². The fourth-order valence-electron chi connectivity index (χ4n) is 2.08. The number of nitrogens with one attached hydrogen (secondary N) is 1. The van der Waals surface area contributed by atoms with E-state index in [0.29, 0.717) is 0 Å². The lowest BCUT2D eigenvalue weighted by Crippen LogP contribution is -2.54. The van der Waals surface area contributed by atoms with Gasteiger partial charge in [-0.1, -0.05) is 11.6 Å². The monoisotopic (exact) mass is 332 g/mol. The highest BCUT2D eigenvalue weighted by molar-refractivity contribution is 7.89. The fraction of sp³-hybridized carbons (Fsp3) is 0.462. The van der Waals surface area contributed by atoms with E-state index in [0.717, 1.165) is 19.3 Å². The Kier molecular flexibility index (Phi) is 4.57. The lowest BCUT2D eigenvalue weighted by molar-refractivity contribution is 0.0600. The lowest BCUT2D eigenvalue weighted by atomic mass is 9.78. The normalized spacial score (nSPS) is 17.1. The van der Waals surface area contributed by atoms with E-state index in [1.807, 2.05) is 0 Å². The third-order valence-corrected chi connectivity index (χ3v) is 5.49. The molecule has 0 atom stereocenters. The molecule has 0 aromatic heterocycles. The molecule has 1 aromatic carbocycles. The first kappa shape index (κ1) is 16.2. The largest absolute Gasteiger partial charge is 0.465 e. The van der Waals surface area contributed by atoms with E-state index in [-0.39, 0.29) is 22.0 Å². The van der Waals surface area contributed by atoms with Gasteiger partial charge in [-0.15, -0.1) is 0 Å². The van der Waals surface area contributed by atoms with Crippen molar-refractivity contribution in [3.8, 4) is 0 Å². The molecule has 0 unspecified atom stereocenters. The summed E-state index contributed by atoms with van der Waals surface area (Å²) >= 11 is 5.92. The predicted molar refractivity (Wildman–Crippen MR) is 78.7 cm³/mol. The topological polar surface area (TPSA) is 98.5 Å². The maximum Gasteiger partial charge on any atom is 0.337 e. The maximum absolute atomic E-state index is 12.3. The minimum atomic E-state index is -3.83. The zero-order valence-corrected chi connectivity index (χ0v) is 13.1. The molecule has 21 heavy (non-hydrogen) atoms. The van der Waals surface area contributed by atoms with Gasteiger partial charge in [-0.05, 0) is 37.5 Å². The van der Waals surface area contributed by atoms with Crippen LogP contribution in [-0.2, 0) is 14.8 Å². The van der Waals surface area contributed by atoms with Gasteiger partial charge in [0.25, 0.3) is 0 Å². The highest BCUT2D eigenvalue weighted by Crippen LogP contribution is 2.29. The molecule has 8 heteroatoms. The first-order valence-electron chi connectivity index (χ1n) is 6.44. The molecule has 0 heterocycles. The van der Waals surface area contributed by atoms with Crippen molar-refractivity contribution >= 4 is 27.6 Å². The summed E-state index contributed by atoms with van der Waals surface area (Å²) in [5.41, 5.74) is 5.62. The summed E-state index contributed by atoms with van der Waals surface area (Å²) < 4.78 is 31.6. The van der Waals surface area contributed by atoms with Crippen molar-refractivity contribution in [1.82, 2.24) is 4.72 Å². The molecule has 1 aliphatic rings. The second kappa shape index (κ2) is 5.92. The van der Waals surface area contributed by atoms with Crippen LogP contribution in [0.5, 0.6) is 0 Å². The molecule has 1 aromatic rings. The molecule has 1 aliphatic carbocycles. The number of ether oxygens (including phenoxy) is 1. The molecule has 0 radical (unpaired) electrons. The molecular weight excluding hydrogens is 316 g/mol. The molecule has 1 saturated carbocycles. The van der Waals surface area contributed by atoms with Gasteiger partial charge in [0.1, 0.15) is 4.90 Å². The third-order valence-electron chi connectivity index (χ3n) is 3.61. The van der Waals surface area contributed by atoms with Gasteiger partial charge in [0.15, 0.2) is 0 Å². The Bertz CT molecular complexity index is 656. The summed E-state index contributed by atoms with van der Waals surface area (Å²) in [5.74, 6) is -0.627. The van der Waals surface area contributed by atoms with Crippen molar-refractivity contribution in [3.63, 3.8) is 0 Å². The van der Waals surface area contributed by atoms with Crippen LogP contribution in [-0.4, -0.2) is 33.6 Å². The molecule has 1 fully saturated rings. The number of sulfonamides is 1. The number of rotatable bonds is 5. The third kappa shape index (κ3) is 3.55. The van der Waals surface area contributed by atoms with E-state index >= 15 is 0 Å². The zero-order valence-electron chi connectivity index (χ0n) is 11.6. The fourth-order valence-corrected chi connectivity index (χ4v) is 3.74. The number of hydrogen-bond acceptors (Lipinski definition) is 5. The molecule has 116 valence electrons. The van der Waals surface area contributed by atoms with Gasteiger partial charge in [-0.3, -0.25) is 0 Å². The number of halogens is 1. The summed E-state index contributed by atoms with van der Waals surface area (Å²) in [6.45, 7) is 0.147. The van der Waals surface area contributed by atoms with Crippen molar-refractivity contribution < 1.29 is 17.9 Å². The van der Waals surface area contributed by atoms with Gasteiger partial charge in [0, 0.05) is 12.1 Å². The number of carbonyl (C=O) groups excluding carboxylic acids is 1. The molecule has 0 spiro atoms. The number of methoxy groups -OCH3 is 1. The van der Waals surface area contributed by atoms with Crippen molar-refractivity contribution in [1.29, 1.82) is 0 Å². The Balaban J connectivity index is 2.24. The maximum atomic E-state index is 12.3. The zero-order chi connectivity index (χ0) is 15.7. The van der Waals surface area contributed by atoms with E-state index < -0.39 is 21.5 Å². The Hall–Kier alpha value is -1.15. The summed E-state index contributed by atoms with van der Waals surface area (Å²) in [7, 11) is -2.61. The van der Waals surface area contributed by atoms with E-state index in [4.69, 9.17) is 17.3 Å². The number of nitrogens with two attached hydrogens (primary N) is 1. The van der Waals surface area contributed by atoms with Crippen LogP contribution in [0.3, 0.4) is 0 Å². The van der Waals surface area contributed by atoms with Gasteiger partial charge in [0.2, 0.25) is 10.0 Å². The number of esters is 1. The Morgan fingerprint density at radius 3 is 2.67 bits per heavy atom. The van der Waals surface area contributed by atoms with Gasteiger partial charge in [-0.25, -0.2) is 17.9 Å². The van der Waals surface area contributed by atoms with Gasteiger partial charge < -0.3 is 10.5 Å². The molecule has 0 aliphatic heterocycles. The van der Waals surface area contributed by atoms with Crippen LogP contribution in [0.25, 0.3) is 0 Å². The number of hydrogen-bond donors (Lipinski definition) is 2. The Morgan fingerprint density at radius 1 is 1.48 bits per heavy atom. The first-order chi connectivity index (χ1) is 9.77. The van der Waals surface area contributed by atoms with Crippen molar-refractivity contribution in [2.24, 2.45) is 5.73 Å². The Morgan fingerprint density at radius 2 is 2.14 bits per heavy atom. The molecule has 0 bridgehead atoms.